The normalized spacial score (nSPS) is 19.8. The molecule has 26 heavy (non-hydrogen) atoms. The summed E-state index contributed by atoms with van der Waals surface area (Å²) in [6, 6.07) is 7.26. The maximum absolute atomic E-state index is 12.4. The minimum Gasteiger partial charge on any atom is -0.497 e. The van der Waals surface area contributed by atoms with E-state index in [1.807, 2.05) is 35.0 Å². The lowest BCUT2D eigenvalue weighted by Crippen LogP contribution is -2.40. The molecule has 2 heterocycles. The number of thioether (sulfide) groups is 1. The van der Waals surface area contributed by atoms with Crippen LogP contribution in [0.5, 0.6) is 5.75 Å². The van der Waals surface area contributed by atoms with Crippen molar-refractivity contribution in [1.82, 2.24) is 14.9 Å². The number of carbonyl (C=O) groups excluding carboxylic acids is 1. The van der Waals surface area contributed by atoms with E-state index in [0.29, 0.717) is 11.6 Å². The molecule has 1 fully saturated rings. The first kappa shape index (κ1) is 18.8. The molecule has 0 radical (unpaired) electrons. The molecule has 0 bridgehead atoms. The van der Waals surface area contributed by atoms with Gasteiger partial charge < -0.3 is 10.1 Å². The van der Waals surface area contributed by atoms with Crippen molar-refractivity contribution in [1.29, 1.82) is 0 Å². The molecule has 1 aliphatic rings. The summed E-state index contributed by atoms with van der Waals surface area (Å²) in [5.41, 5.74) is 0.917. The Kier molecular flexibility index (Phi) is 5.57. The van der Waals surface area contributed by atoms with Crippen molar-refractivity contribution in [3.8, 4) is 11.4 Å². The van der Waals surface area contributed by atoms with Crippen LogP contribution in [0.1, 0.15) is 13.3 Å². The molecule has 1 aromatic carbocycles. The summed E-state index contributed by atoms with van der Waals surface area (Å²) in [7, 11) is -1.40. The molecule has 2 atom stereocenters. The van der Waals surface area contributed by atoms with Crippen molar-refractivity contribution in [3.05, 3.63) is 36.7 Å². The van der Waals surface area contributed by atoms with Crippen molar-refractivity contribution in [2.75, 3.05) is 18.6 Å². The van der Waals surface area contributed by atoms with Crippen LogP contribution in [0.15, 0.2) is 41.8 Å². The van der Waals surface area contributed by atoms with Gasteiger partial charge in [0.05, 0.1) is 23.9 Å². The van der Waals surface area contributed by atoms with Crippen LogP contribution in [-0.2, 0) is 14.6 Å². The molecule has 9 heteroatoms. The standard InChI is InChI=1S/C17H21N3O4S2/c1-12(16(21)19-13-7-10-26(22,23)11-13)25-17-18-8-9-20(17)14-3-5-15(24-2)6-4-14/h3-6,8-9,12-13H,7,10-11H2,1-2H3,(H,19,21)/t12-,13-/m0/s1. The smallest absolute Gasteiger partial charge is 0.233 e. The number of nitrogens with zero attached hydrogens (tertiary/aromatic N) is 2. The molecule has 0 spiro atoms. The van der Waals surface area contributed by atoms with Crippen LogP contribution in [0.4, 0.5) is 0 Å². The lowest BCUT2D eigenvalue weighted by molar-refractivity contribution is -0.120. The first-order valence-corrected chi connectivity index (χ1v) is 10.9. The zero-order valence-corrected chi connectivity index (χ0v) is 16.2. The number of hydrogen-bond donors (Lipinski definition) is 1. The molecule has 1 aliphatic heterocycles. The number of ether oxygens (including phenoxy) is 1. The minimum absolute atomic E-state index is 0.0244. The molecule has 7 nitrogen and oxygen atoms in total. The summed E-state index contributed by atoms with van der Waals surface area (Å²) < 4.78 is 30.1. The lowest BCUT2D eigenvalue weighted by Gasteiger charge is -2.16. The van der Waals surface area contributed by atoms with Gasteiger partial charge in [-0.05, 0) is 37.6 Å². The molecule has 0 unspecified atom stereocenters. The Morgan fingerprint density at radius 2 is 2.12 bits per heavy atom. The minimum atomic E-state index is -3.01. The number of aromatic nitrogens is 2. The SMILES string of the molecule is COc1ccc(-n2ccnc2S[C@@H](C)C(=O)N[C@H]2CCS(=O)(=O)C2)cc1. The van der Waals surface area contributed by atoms with E-state index in [2.05, 4.69) is 10.3 Å². The first-order chi connectivity index (χ1) is 12.4. The van der Waals surface area contributed by atoms with Crippen molar-refractivity contribution in [2.45, 2.75) is 29.8 Å². The van der Waals surface area contributed by atoms with Crippen molar-refractivity contribution in [3.63, 3.8) is 0 Å². The van der Waals surface area contributed by atoms with Gasteiger partial charge in [-0.3, -0.25) is 9.36 Å². The van der Waals surface area contributed by atoms with E-state index in [4.69, 9.17) is 4.74 Å². The second-order valence-corrected chi connectivity index (χ2v) is 9.68. The molecular weight excluding hydrogens is 374 g/mol. The number of sulfone groups is 1. The zero-order chi connectivity index (χ0) is 18.7. The molecule has 3 rings (SSSR count). The van der Waals surface area contributed by atoms with Gasteiger partial charge in [-0.1, -0.05) is 11.8 Å². The largest absolute Gasteiger partial charge is 0.497 e. The second kappa shape index (κ2) is 7.71. The molecule has 1 aromatic heterocycles. The van der Waals surface area contributed by atoms with Crippen LogP contribution in [0.2, 0.25) is 0 Å². The molecule has 1 saturated heterocycles. The average molecular weight is 396 g/mol. The van der Waals surface area contributed by atoms with Gasteiger partial charge >= 0.3 is 0 Å². The highest BCUT2D eigenvalue weighted by Crippen LogP contribution is 2.26. The second-order valence-electron chi connectivity index (χ2n) is 6.15. The van der Waals surface area contributed by atoms with E-state index >= 15 is 0 Å². The van der Waals surface area contributed by atoms with Crippen molar-refractivity contribution < 1.29 is 17.9 Å². The maximum atomic E-state index is 12.4. The summed E-state index contributed by atoms with van der Waals surface area (Å²) in [6.45, 7) is 1.79. The molecule has 0 aliphatic carbocycles. The van der Waals surface area contributed by atoms with E-state index in [1.54, 1.807) is 20.2 Å². The summed E-state index contributed by atoms with van der Waals surface area (Å²) in [5, 5.41) is 3.13. The fourth-order valence-corrected chi connectivity index (χ4v) is 5.32. The molecule has 140 valence electrons. The van der Waals surface area contributed by atoms with Crippen LogP contribution < -0.4 is 10.1 Å². The van der Waals surface area contributed by atoms with Gasteiger partial charge in [-0.2, -0.15) is 0 Å². The number of benzene rings is 1. The van der Waals surface area contributed by atoms with Gasteiger partial charge in [0.1, 0.15) is 5.75 Å². The molecule has 2 aromatic rings. The van der Waals surface area contributed by atoms with E-state index in [0.717, 1.165) is 11.4 Å². The number of carbonyl (C=O) groups is 1. The molecular formula is C17H21N3O4S2. The summed E-state index contributed by atoms with van der Waals surface area (Å²) in [4.78, 5) is 16.7. The monoisotopic (exact) mass is 395 g/mol. The maximum Gasteiger partial charge on any atom is 0.233 e. The van der Waals surface area contributed by atoms with Gasteiger partial charge in [0.2, 0.25) is 5.91 Å². The fraction of sp³-hybridized carbons (Fsp3) is 0.412. The van der Waals surface area contributed by atoms with E-state index in [1.165, 1.54) is 11.8 Å². The third kappa shape index (κ3) is 4.39. The highest BCUT2D eigenvalue weighted by Gasteiger charge is 2.30. The van der Waals surface area contributed by atoms with E-state index in [9.17, 15) is 13.2 Å². The predicted octanol–water partition coefficient (Wildman–Crippen LogP) is 1.66. The van der Waals surface area contributed by atoms with Gasteiger partial charge in [0.15, 0.2) is 15.0 Å². The van der Waals surface area contributed by atoms with Crippen LogP contribution in [0.25, 0.3) is 5.69 Å². The highest BCUT2D eigenvalue weighted by molar-refractivity contribution is 8.00. The quantitative estimate of drug-likeness (QED) is 0.748. The van der Waals surface area contributed by atoms with Crippen LogP contribution in [0.3, 0.4) is 0 Å². The Morgan fingerprint density at radius 3 is 2.73 bits per heavy atom. The van der Waals surface area contributed by atoms with Crippen LogP contribution in [0, 0.1) is 0 Å². The van der Waals surface area contributed by atoms with Crippen molar-refractivity contribution in [2.24, 2.45) is 0 Å². The summed E-state index contributed by atoms with van der Waals surface area (Å²) in [6.07, 6.45) is 3.99. The summed E-state index contributed by atoms with van der Waals surface area (Å²) in [5.74, 6) is 0.751. The average Bonchev–Trinajstić information content (AvgIpc) is 3.21. The molecule has 1 N–H and O–H groups in total. The number of imidazole rings is 1. The number of methoxy groups -OCH3 is 1. The third-order valence-electron chi connectivity index (χ3n) is 4.19. The Bertz CT molecular complexity index is 878. The number of hydrogen-bond acceptors (Lipinski definition) is 6. The highest BCUT2D eigenvalue weighted by atomic mass is 32.2. The number of nitrogens with one attached hydrogen (secondary N) is 1. The number of rotatable bonds is 6. The predicted molar refractivity (Wildman–Crippen MR) is 101 cm³/mol. The van der Waals surface area contributed by atoms with Gasteiger partial charge in [-0.25, -0.2) is 13.4 Å². The molecule has 0 saturated carbocycles. The first-order valence-electron chi connectivity index (χ1n) is 8.23. The topological polar surface area (TPSA) is 90.3 Å². The zero-order valence-electron chi connectivity index (χ0n) is 14.6. The Hall–Kier alpha value is -2.00. The number of amides is 1. The molecule has 1 amide bonds. The fourth-order valence-electron chi connectivity index (χ4n) is 2.76. The van der Waals surface area contributed by atoms with E-state index in [-0.39, 0.29) is 23.5 Å². The Balaban J connectivity index is 1.65. The van der Waals surface area contributed by atoms with Crippen LogP contribution >= 0.6 is 11.8 Å². The van der Waals surface area contributed by atoms with Gasteiger partial charge in [-0.15, -0.1) is 0 Å². The Morgan fingerprint density at radius 1 is 1.38 bits per heavy atom. The summed E-state index contributed by atoms with van der Waals surface area (Å²) >= 11 is 1.33. The van der Waals surface area contributed by atoms with E-state index < -0.39 is 15.1 Å². The van der Waals surface area contributed by atoms with Crippen LogP contribution in [-0.4, -0.2) is 53.8 Å². The third-order valence-corrected chi connectivity index (χ3v) is 7.04. The van der Waals surface area contributed by atoms with Crippen molar-refractivity contribution >= 4 is 27.5 Å². The Labute approximate surface area is 157 Å². The van der Waals surface area contributed by atoms with Gasteiger partial charge in [0.25, 0.3) is 0 Å². The van der Waals surface area contributed by atoms with Gasteiger partial charge in [0, 0.05) is 24.1 Å². The lowest BCUT2D eigenvalue weighted by atomic mass is 10.2.